The predicted molar refractivity (Wildman–Crippen MR) is 87.2 cm³/mol. The van der Waals surface area contributed by atoms with E-state index >= 15 is 0 Å². The zero-order valence-corrected chi connectivity index (χ0v) is 12.8. The van der Waals surface area contributed by atoms with Crippen LogP contribution in [0.3, 0.4) is 0 Å². The summed E-state index contributed by atoms with van der Waals surface area (Å²) in [7, 11) is 0. The highest BCUT2D eigenvalue weighted by molar-refractivity contribution is 6.34. The summed E-state index contributed by atoms with van der Waals surface area (Å²) in [5, 5.41) is 7.49. The first-order chi connectivity index (χ1) is 10.6. The molecule has 3 rings (SSSR count). The highest BCUT2D eigenvalue weighted by Crippen LogP contribution is 2.30. The monoisotopic (exact) mass is 314 g/mol. The Morgan fingerprint density at radius 2 is 1.86 bits per heavy atom. The van der Waals surface area contributed by atoms with Gasteiger partial charge in [-0.1, -0.05) is 53.2 Å². The molecule has 2 aromatic carbocycles. The maximum atomic E-state index is 12.5. The van der Waals surface area contributed by atoms with Crippen LogP contribution in [0.15, 0.2) is 59.8 Å². The van der Waals surface area contributed by atoms with Gasteiger partial charge in [0.15, 0.2) is 0 Å². The first-order valence-corrected chi connectivity index (χ1v) is 7.33. The minimum absolute atomic E-state index is 0.232. The maximum Gasteiger partial charge on any atom is 0.271 e. The summed E-state index contributed by atoms with van der Waals surface area (Å²) in [6, 6.07) is 16.6. The van der Waals surface area contributed by atoms with Gasteiger partial charge in [-0.3, -0.25) is 4.79 Å². The van der Waals surface area contributed by atoms with E-state index in [9.17, 15) is 4.79 Å². The number of oxime groups is 1. The van der Waals surface area contributed by atoms with Crippen molar-refractivity contribution in [1.29, 1.82) is 0 Å². The fourth-order valence-corrected chi connectivity index (χ4v) is 2.53. The van der Waals surface area contributed by atoms with Crippen molar-refractivity contribution in [3.8, 4) is 0 Å². The molecule has 0 spiro atoms. The number of amides is 1. The summed E-state index contributed by atoms with van der Waals surface area (Å²) in [4.78, 5) is 17.9. The van der Waals surface area contributed by atoms with Crippen molar-refractivity contribution in [3.05, 3.63) is 65.2 Å². The van der Waals surface area contributed by atoms with E-state index in [0.717, 1.165) is 11.3 Å². The lowest BCUT2D eigenvalue weighted by Crippen LogP contribution is -2.40. The van der Waals surface area contributed by atoms with Gasteiger partial charge in [0.05, 0.1) is 5.71 Å². The second-order valence-electron chi connectivity index (χ2n) is 5.34. The fraction of sp³-hybridized carbons (Fsp3) is 0.176. The van der Waals surface area contributed by atoms with Crippen LogP contribution in [-0.4, -0.2) is 17.2 Å². The highest BCUT2D eigenvalue weighted by Gasteiger charge is 2.42. The third-order valence-electron chi connectivity index (χ3n) is 3.56. The lowest BCUT2D eigenvalue weighted by atomic mass is 9.95. The van der Waals surface area contributed by atoms with Gasteiger partial charge in [-0.2, -0.15) is 0 Å². The Bertz CT molecular complexity index is 730. The highest BCUT2D eigenvalue weighted by atomic mass is 35.5. The summed E-state index contributed by atoms with van der Waals surface area (Å²) in [6.07, 6.45) is 0.370. The number of rotatable bonds is 3. The van der Waals surface area contributed by atoms with Gasteiger partial charge in [-0.15, -0.1) is 0 Å². The van der Waals surface area contributed by atoms with Crippen LogP contribution in [0, 0.1) is 0 Å². The summed E-state index contributed by atoms with van der Waals surface area (Å²) >= 11 is 6.17. The smallest absolute Gasteiger partial charge is 0.271 e. The molecule has 0 aliphatic carbocycles. The van der Waals surface area contributed by atoms with E-state index in [1.807, 2.05) is 48.5 Å². The van der Waals surface area contributed by atoms with Gasteiger partial charge < -0.3 is 10.2 Å². The third-order valence-corrected chi connectivity index (χ3v) is 3.89. The molecule has 1 aliphatic heterocycles. The molecule has 5 heteroatoms. The van der Waals surface area contributed by atoms with Crippen LogP contribution < -0.4 is 5.32 Å². The molecule has 1 heterocycles. The second-order valence-corrected chi connectivity index (χ2v) is 5.74. The lowest BCUT2D eigenvalue weighted by Gasteiger charge is -2.20. The largest absolute Gasteiger partial charge is 0.379 e. The molecule has 1 atom stereocenters. The minimum atomic E-state index is -1.04. The molecule has 0 bridgehead atoms. The van der Waals surface area contributed by atoms with E-state index in [1.54, 1.807) is 13.0 Å². The van der Waals surface area contributed by atoms with Gasteiger partial charge in [-0.05, 0) is 25.1 Å². The zero-order valence-electron chi connectivity index (χ0n) is 12.0. The van der Waals surface area contributed by atoms with Gasteiger partial charge in [0.2, 0.25) is 5.60 Å². The molecule has 22 heavy (non-hydrogen) atoms. The Kier molecular flexibility index (Phi) is 3.86. The van der Waals surface area contributed by atoms with Crippen molar-refractivity contribution in [2.75, 3.05) is 5.32 Å². The van der Waals surface area contributed by atoms with Crippen molar-refractivity contribution in [3.63, 3.8) is 0 Å². The van der Waals surface area contributed by atoms with Crippen LogP contribution in [0.1, 0.15) is 18.9 Å². The lowest BCUT2D eigenvalue weighted by molar-refractivity contribution is -0.135. The molecule has 1 amide bonds. The maximum absolute atomic E-state index is 12.5. The number of hydrogen-bond donors (Lipinski definition) is 1. The number of benzene rings is 2. The molecule has 0 fully saturated rings. The average Bonchev–Trinajstić information content (AvgIpc) is 2.92. The Hall–Kier alpha value is -2.33. The summed E-state index contributed by atoms with van der Waals surface area (Å²) in [5.74, 6) is -0.232. The zero-order chi connectivity index (χ0) is 15.6. The Labute approximate surface area is 133 Å². The quantitative estimate of drug-likeness (QED) is 0.935. The van der Waals surface area contributed by atoms with Gasteiger partial charge >= 0.3 is 0 Å². The predicted octanol–water partition coefficient (Wildman–Crippen LogP) is 3.86. The summed E-state index contributed by atoms with van der Waals surface area (Å²) in [6.45, 7) is 1.72. The number of nitrogens with one attached hydrogen (secondary N) is 1. The number of anilines is 1. The first kappa shape index (κ1) is 14.6. The third kappa shape index (κ3) is 2.83. The van der Waals surface area contributed by atoms with Crippen LogP contribution in [0.5, 0.6) is 0 Å². The number of hydrogen-bond acceptors (Lipinski definition) is 3. The van der Waals surface area contributed by atoms with Crippen molar-refractivity contribution >= 4 is 28.9 Å². The topological polar surface area (TPSA) is 50.7 Å². The van der Waals surface area contributed by atoms with Crippen molar-refractivity contribution in [1.82, 2.24) is 0 Å². The number of halogens is 1. The van der Waals surface area contributed by atoms with Crippen LogP contribution in [0.2, 0.25) is 5.02 Å². The van der Waals surface area contributed by atoms with Crippen molar-refractivity contribution in [2.24, 2.45) is 5.16 Å². The molecular weight excluding hydrogens is 300 g/mol. The van der Waals surface area contributed by atoms with E-state index in [4.69, 9.17) is 16.4 Å². The van der Waals surface area contributed by atoms with Gasteiger partial charge in [0, 0.05) is 22.7 Å². The summed E-state index contributed by atoms with van der Waals surface area (Å²) in [5.41, 5.74) is 1.16. The molecule has 1 aliphatic rings. The average molecular weight is 315 g/mol. The fourth-order valence-electron chi connectivity index (χ4n) is 2.29. The standard InChI is InChI=1S/C17H15ClN2O2/c1-17(16(21)19-12-7-3-2-4-8-12)11-15(20-22-17)13-9-5-6-10-14(13)18/h2-10H,11H2,1H3,(H,19,21). The normalized spacial score (nSPS) is 20.2. The van der Waals surface area contributed by atoms with Crippen LogP contribution in [0.4, 0.5) is 5.69 Å². The molecule has 0 radical (unpaired) electrons. The molecular formula is C17H15ClN2O2. The molecule has 0 aromatic heterocycles. The van der Waals surface area contributed by atoms with Crippen LogP contribution in [-0.2, 0) is 9.63 Å². The Morgan fingerprint density at radius 1 is 1.18 bits per heavy atom. The minimum Gasteiger partial charge on any atom is -0.379 e. The van der Waals surface area contributed by atoms with Crippen LogP contribution >= 0.6 is 11.6 Å². The van der Waals surface area contributed by atoms with Crippen molar-refractivity contribution < 1.29 is 9.63 Å². The molecule has 2 aromatic rings. The number of nitrogens with zero attached hydrogens (tertiary/aromatic N) is 1. The van der Waals surface area contributed by atoms with Gasteiger partial charge in [0.1, 0.15) is 0 Å². The molecule has 1 N–H and O–H groups in total. The van der Waals surface area contributed by atoms with E-state index < -0.39 is 5.60 Å². The Morgan fingerprint density at radius 3 is 2.59 bits per heavy atom. The summed E-state index contributed by atoms with van der Waals surface area (Å²) < 4.78 is 0. The van der Waals surface area contributed by atoms with E-state index in [0.29, 0.717) is 17.2 Å². The van der Waals surface area contributed by atoms with Crippen LogP contribution in [0.25, 0.3) is 0 Å². The molecule has 0 saturated carbocycles. The van der Waals surface area contributed by atoms with E-state index in [2.05, 4.69) is 10.5 Å². The first-order valence-electron chi connectivity index (χ1n) is 6.95. The second kappa shape index (κ2) is 5.81. The number of para-hydroxylation sites is 1. The molecule has 0 saturated heterocycles. The molecule has 4 nitrogen and oxygen atoms in total. The van der Waals surface area contributed by atoms with E-state index in [1.165, 1.54) is 0 Å². The number of carbonyl (C=O) groups is 1. The molecule has 112 valence electrons. The Balaban J connectivity index is 1.74. The SMILES string of the molecule is CC1(C(=O)Nc2ccccc2)CC(c2ccccc2Cl)=NO1. The van der Waals surface area contributed by atoms with E-state index in [-0.39, 0.29) is 5.91 Å². The van der Waals surface area contributed by atoms with Gasteiger partial charge in [-0.25, -0.2) is 0 Å². The van der Waals surface area contributed by atoms with Gasteiger partial charge in [0.25, 0.3) is 5.91 Å². The number of carbonyl (C=O) groups excluding carboxylic acids is 1. The molecule has 1 unspecified atom stereocenters. The van der Waals surface area contributed by atoms with Crippen molar-refractivity contribution in [2.45, 2.75) is 18.9 Å².